The van der Waals surface area contributed by atoms with Crippen LogP contribution in [0.25, 0.3) is 0 Å². The second kappa shape index (κ2) is 5.09. The summed E-state index contributed by atoms with van der Waals surface area (Å²) in [5.41, 5.74) is -0.446. The summed E-state index contributed by atoms with van der Waals surface area (Å²) in [5.74, 6) is -1.22. The minimum Gasteiger partial charge on any atom is -0.478 e. The van der Waals surface area contributed by atoms with Crippen molar-refractivity contribution < 1.29 is 19.9 Å². The van der Waals surface area contributed by atoms with Gasteiger partial charge in [-0.05, 0) is 32.3 Å². The van der Waals surface area contributed by atoms with Crippen LogP contribution in [0.3, 0.4) is 0 Å². The molecule has 0 atom stereocenters. The van der Waals surface area contributed by atoms with Crippen molar-refractivity contribution >= 4 is 17.3 Å². The summed E-state index contributed by atoms with van der Waals surface area (Å²) in [4.78, 5) is 21.4. The summed E-state index contributed by atoms with van der Waals surface area (Å²) in [6.45, 7) is 1.81. The average molecular weight is 280 g/mol. The lowest BCUT2D eigenvalue weighted by molar-refractivity contribution is -0.385. The molecule has 0 heterocycles. The molecule has 1 aromatic carbocycles. The molecule has 0 unspecified atom stereocenters. The maximum atomic E-state index is 11.0. The molecule has 0 amide bonds. The van der Waals surface area contributed by atoms with E-state index in [0.717, 1.165) is 12.5 Å². The zero-order valence-corrected chi connectivity index (χ0v) is 11.0. The highest BCUT2D eigenvalue weighted by Gasteiger charge is 2.34. The number of nitrogens with one attached hydrogen (secondary N) is 1. The molecule has 0 bridgehead atoms. The van der Waals surface area contributed by atoms with Gasteiger partial charge in [0.25, 0.3) is 5.69 Å². The van der Waals surface area contributed by atoms with Crippen LogP contribution in [0.15, 0.2) is 12.1 Å². The number of benzene rings is 1. The molecule has 108 valence electrons. The van der Waals surface area contributed by atoms with Crippen LogP contribution in [0.5, 0.6) is 0 Å². The van der Waals surface area contributed by atoms with Gasteiger partial charge in [-0.3, -0.25) is 10.1 Å². The first-order valence-corrected chi connectivity index (χ1v) is 6.31. The minimum atomic E-state index is -1.22. The normalized spacial score (nSPS) is 16.3. The Morgan fingerprint density at radius 3 is 2.60 bits per heavy atom. The van der Waals surface area contributed by atoms with E-state index in [1.54, 1.807) is 6.92 Å². The van der Waals surface area contributed by atoms with E-state index < -0.39 is 16.5 Å². The van der Waals surface area contributed by atoms with E-state index in [4.69, 9.17) is 5.11 Å². The number of carboxylic acids is 1. The van der Waals surface area contributed by atoms with Gasteiger partial charge in [-0.2, -0.15) is 0 Å². The van der Waals surface area contributed by atoms with E-state index >= 15 is 0 Å². The Kier molecular flexibility index (Phi) is 3.63. The summed E-state index contributed by atoms with van der Waals surface area (Å²) >= 11 is 0. The number of carbonyl (C=O) groups is 1. The molecule has 7 nitrogen and oxygen atoms in total. The van der Waals surface area contributed by atoms with Gasteiger partial charge in [0.1, 0.15) is 0 Å². The van der Waals surface area contributed by atoms with Crippen LogP contribution in [0.1, 0.15) is 35.2 Å². The fourth-order valence-electron chi connectivity index (χ4n) is 2.22. The molecular weight excluding hydrogens is 264 g/mol. The highest BCUT2D eigenvalue weighted by Crippen LogP contribution is 2.33. The second-order valence-corrected chi connectivity index (χ2v) is 5.16. The second-order valence-electron chi connectivity index (χ2n) is 5.16. The molecule has 0 saturated heterocycles. The lowest BCUT2D eigenvalue weighted by Crippen LogP contribution is -2.43. The maximum Gasteiger partial charge on any atom is 0.336 e. The van der Waals surface area contributed by atoms with Crippen LogP contribution in [-0.2, 0) is 0 Å². The number of anilines is 1. The van der Waals surface area contributed by atoms with Crippen molar-refractivity contribution in [2.24, 2.45) is 0 Å². The number of rotatable bonds is 5. The van der Waals surface area contributed by atoms with Crippen molar-refractivity contribution in [1.29, 1.82) is 0 Å². The summed E-state index contributed by atoms with van der Waals surface area (Å²) in [5, 5.41) is 32.9. The summed E-state index contributed by atoms with van der Waals surface area (Å²) < 4.78 is 0. The number of aromatic carboxylic acids is 1. The van der Waals surface area contributed by atoms with Gasteiger partial charge >= 0.3 is 5.97 Å². The molecule has 20 heavy (non-hydrogen) atoms. The standard InChI is InChI=1S/C13H16N2O5/c1-8-10(14-7-13(18)3-2-4-13)5-9(12(16)17)6-11(8)15(19)20/h5-6,14,18H,2-4,7H2,1H3,(H,16,17). The molecule has 0 aliphatic heterocycles. The predicted molar refractivity (Wildman–Crippen MR) is 72.1 cm³/mol. The summed E-state index contributed by atoms with van der Waals surface area (Å²) in [6.07, 6.45) is 2.31. The van der Waals surface area contributed by atoms with Crippen molar-refractivity contribution in [1.82, 2.24) is 0 Å². The Labute approximate surface area is 115 Å². The minimum absolute atomic E-state index is 0.148. The molecule has 0 spiro atoms. The molecular formula is C13H16N2O5. The van der Waals surface area contributed by atoms with E-state index in [2.05, 4.69) is 5.32 Å². The quantitative estimate of drug-likeness (QED) is 0.561. The fourth-order valence-corrected chi connectivity index (χ4v) is 2.22. The van der Waals surface area contributed by atoms with Crippen LogP contribution in [0, 0.1) is 17.0 Å². The van der Waals surface area contributed by atoms with Crippen molar-refractivity contribution in [3.63, 3.8) is 0 Å². The van der Waals surface area contributed by atoms with Crippen LogP contribution in [-0.4, -0.2) is 33.3 Å². The van der Waals surface area contributed by atoms with Gasteiger partial charge in [-0.1, -0.05) is 0 Å². The number of hydrogen-bond donors (Lipinski definition) is 3. The monoisotopic (exact) mass is 280 g/mol. The van der Waals surface area contributed by atoms with Crippen LogP contribution >= 0.6 is 0 Å². The molecule has 1 aromatic rings. The van der Waals surface area contributed by atoms with Gasteiger partial charge < -0.3 is 15.5 Å². The number of nitrogens with zero attached hydrogens (tertiary/aromatic N) is 1. The fraction of sp³-hybridized carbons (Fsp3) is 0.462. The maximum absolute atomic E-state index is 11.0. The molecule has 1 saturated carbocycles. The summed E-state index contributed by atoms with van der Waals surface area (Å²) in [6, 6.07) is 2.40. The molecule has 1 aliphatic rings. The lowest BCUT2D eigenvalue weighted by Gasteiger charge is -2.37. The van der Waals surface area contributed by atoms with Gasteiger partial charge in [0.05, 0.1) is 16.1 Å². The Balaban J connectivity index is 2.30. The van der Waals surface area contributed by atoms with Crippen molar-refractivity contribution in [2.75, 3.05) is 11.9 Å². The Hall–Kier alpha value is -2.15. The van der Waals surface area contributed by atoms with Crippen LogP contribution < -0.4 is 5.32 Å². The molecule has 3 N–H and O–H groups in total. The lowest BCUT2D eigenvalue weighted by atomic mass is 9.80. The van der Waals surface area contributed by atoms with Gasteiger partial charge in [0.15, 0.2) is 0 Å². The number of nitro groups is 1. The topological polar surface area (TPSA) is 113 Å². The van der Waals surface area contributed by atoms with E-state index in [-0.39, 0.29) is 17.8 Å². The van der Waals surface area contributed by atoms with Crippen molar-refractivity contribution in [2.45, 2.75) is 31.8 Å². The number of hydrogen-bond acceptors (Lipinski definition) is 5. The average Bonchev–Trinajstić information content (AvgIpc) is 2.34. The van der Waals surface area contributed by atoms with E-state index in [1.165, 1.54) is 6.07 Å². The molecule has 2 rings (SSSR count). The molecule has 0 aromatic heterocycles. The number of carboxylic acid groups (broad SMARTS) is 1. The first-order valence-electron chi connectivity index (χ1n) is 6.31. The molecule has 1 fully saturated rings. The van der Waals surface area contributed by atoms with Gasteiger partial charge in [-0.15, -0.1) is 0 Å². The highest BCUT2D eigenvalue weighted by molar-refractivity contribution is 5.90. The zero-order chi connectivity index (χ0) is 14.9. The Morgan fingerprint density at radius 1 is 1.50 bits per heavy atom. The van der Waals surface area contributed by atoms with Crippen LogP contribution in [0.4, 0.5) is 11.4 Å². The van der Waals surface area contributed by atoms with Crippen molar-refractivity contribution in [3.05, 3.63) is 33.4 Å². The van der Waals surface area contributed by atoms with E-state index in [1.807, 2.05) is 0 Å². The zero-order valence-electron chi connectivity index (χ0n) is 11.0. The molecule has 1 aliphatic carbocycles. The van der Waals surface area contributed by atoms with Gasteiger partial charge in [0, 0.05) is 23.9 Å². The number of aliphatic hydroxyl groups is 1. The predicted octanol–water partition coefficient (Wildman–Crippen LogP) is 1.93. The van der Waals surface area contributed by atoms with Crippen molar-refractivity contribution in [3.8, 4) is 0 Å². The largest absolute Gasteiger partial charge is 0.478 e. The van der Waals surface area contributed by atoms with E-state index in [9.17, 15) is 20.0 Å². The number of nitro benzene ring substituents is 1. The smallest absolute Gasteiger partial charge is 0.336 e. The third-order valence-electron chi connectivity index (χ3n) is 3.72. The third-order valence-corrected chi connectivity index (χ3v) is 3.72. The van der Waals surface area contributed by atoms with Gasteiger partial charge in [0.2, 0.25) is 0 Å². The first-order chi connectivity index (χ1) is 9.32. The Morgan fingerprint density at radius 2 is 2.15 bits per heavy atom. The van der Waals surface area contributed by atoms with Crippen LogP contribution in [0.2, 0.25) is 0 Å². The molecule has 0 radical (unpaired) electrons. The highest BCUT2D eigenvalue weighted by atomic mass is 16.6. The third kappa shape index (κ3) is 2.72. The van der Waals surface area contributed by atoms with Gasteiger partial charge in [-0.25, -0.2) is 4.79 Å². The Bertz CT molecular complexity index is 566. The SMILES string of the molecule is Cc1c(NCC2(O)CCC2)cc(C(=O)O)cc1[N+](=O)[O-]. The molecule has 7 heteroatoms. The summed E-state index contributed by atoms with van der Waals surface area (Å²) in [7, 11) is 0. The van der Waals surface area contributed by atoms with E-state index in [0.29, 0.717) is 24.1 Å². The first kappa shape index (κ1) is 14.3.